The maximum atomic E-state index is 10.8. The minimum absolute atomic E-state index is 0.0617. The first-order chi connectivity index (χ1) is 10.5. The summed E-state index contributed by atoms with van der Waals surface area (Å²) in [5.41, 5.74) is 1.99. The van der Waals surface area contributed by atoms with E-state index in [1.165, 1.54) is 31.8 Å². The molecule has 4 N–H and O–H groups in total. The molecule has 0 aliphatic carbocycles. The van der Waals surface area contributed by atoms with Gasteiger partial charge in [0.05, 0.1) is 13.2 Å². The van der Waals surface area contributed by atoms with Gasteiger partial charge in [0.1, 0.15) is 6.10 Å². The van der Waals surface area contributed by atoms with Gasteiger partial charge in [0, 0.05) is 13.2 Å². The van der Waals surface area contributed by atoms with Gasteiger partial charge in [-0.25, -0.2) is 5.48 Å². The maximum Gasteiger partial charge on any atom is 0.267 e. The van der Waals surface area contributed by atoms with Crippen molar-refractivity contribution in [3.8, 4) is 11.5 Å². The number of aliphatic hydroxyl groups excluding tert-OH is 1. The third kappa shape index (κ3) is 5.03. The molecule has 0 unspecified atom stereocenters. The summed E-state index contributed by atoms with van der Waals surface area (Å²) in [5, 5.41) is 28.4. The molecule has 0 bridgehead atoms. The molecule has 7 nitrogen and oxygen atoms in total. The van der Waals surface area contributed by atoms with Gasteiger partial charge in [-0.2, -0.15) is 0 Å². The summed E-state index contributed by atoms with van der Waals surface area (Å²) in [4.78, 5) is 10.8. The zero-order chi connectivity index (χ0) is 16.5. The highest BCUT2D eigenvalue weighted by atomic mass is 16.5. The molecule has 122 valence electrons. The summed E-state index contributed by atoms with van der Waals surface area (Å²) in [7, 11) is 2.92. The average Bonchev–Trinajstić information content (AvgIpc) is 2.54. The number of phenolic OH excluding ortho intramolecular Hbond substituents is 1. The first-order valence-electron chi connectivity index (χ1n) is 6.71. The van der Waals surface area contributed by atoms with E-state index in [1.807, 2.05) is 0 Å². The van der Waals surface area contributed by atoms with Crippen LogP contribution in [0.1, 0.15) is 24.5 Å². The molecule has 1 rings (SSSR count). The normalized spacial score (nSPS) is 13.8. The van der Waals surface area contributed by atoms with Crippen LogP contribution in [0.5, 0.6) is 11.5 Å². The SMILES string of the molecule is COc1ccc([C@@H](O)[C@@H](CC/C=C/C(=O)NO)OC)cc1O. The number of carbonyl (C=O) groups is 1. The van der Waals surface area contributed by atoms with Crippen molar-refractivity contribution in [1.29, 1.82) is 0 Å². The number of aliphatic hydroxyl groups is 1. The molecule has 1 aromatic carbocycles. The highest BCUT2D eigenvalue weighted by Crippen LogP contribution is 2.31. The van der Waals surface area contributed by atoms with Gasteiger partial charge in [0.15, 0.2) is 11.5 Å². The number of amides is 1. The summed E-state index contributed by atoms with van der Waals surface area (Å²) < 4.78 is 10.2. The Kier molecular flexibility index (Phi) is 7.38. The molecule has 0 radical (unpaired) electrons. The van der Waals surface area contributed by atoms with Crippen molar-refractivity contribution in [2.45, 2.75) is 25.0 Å². The van der Waals surface area contributed by atoms with Crippen LogP contribution in [0.25, 0.3) is 0 Å². The number of phenols is 1. The Morgan fingerprint density at radius 1 is 1.41 bits per heavy atom. The van der Waals surface area contributed by atoms with Crippen LogP contribution in [0.15, 0.2) is 30.4 Å². The highest BCUT2D eigenvalue weighted by Gasteiger charge is 2.21. The molecule has 2 atom stereocenters. The Bertz CT molecular complexity index is 517. The first kappa shape index (κ1) is 18.0. The summed E-state index contributed by atoms with van der Waals surface area (Å²) in [6, 6.07) is 4.63. The Morgan fingerprint density at radius 3 is 2.68 bits per heavy atom. The lowest BCUT2D eigenvalue weighted by Crippen LogP contribution is -2.21. The number of carbonyl (C=O) groups excluding carboxylic acids is 1. The number of rotatable bonds is 8. The molecule has 0 aliphatic heterocycles. The zero-order valence-electron chi connectivity index (χ0n) is 12.5. The van der Waals surface area contributed by atoms with Gasteiger partial charge in [0.25, 0.3) is 5.91 Å². The number of aromatic hydroxyl groups is 1. The highest BCUT2D eigenvalue weighted by molar-refractivity contribution is 5.86. The monoisotopic (exact) mass is 311 g/mol. The summed E-state index contributed by atoms with van der Waals surface area (Å²) in [6.07, 6.45) is 2.26. The van der Waals surface area contributed by atoms with Crippen molar-refractivity contribution in [2.75, 3.05) is 14.2 Å². The largest absolute Gasteiger partial charge is 0.504 e. The second-order valence-electron chi connectivity index (χ2n) is 4.61. The Labute approximate surface area is 128 Å². The quantitative estimate of drug-likeness (QED) is 0.327. The Hall–Kier alpha value is -2.09. The minimum Gasteiger partial charge on any atom is -0.504 e. The molecule has 1 aromatic rings. The van der Waals surface area contributed by atoms with Gasteiger partial charge in [-0.1, -0.05) is 12.1 Å². The van der Waals surface area contributed by atoms with E-state index in [0.717, 1.165) is 0 Å². The summed E-state index contributed by atoms with van der Waals surface area (Å²) >= 11 is 0. The second-order valence-corrected chi connectivity index (χ2v) is 4.61. The summed E-state index contributed by atoms with van der Waals surface area (Å²) in [6.45, 7) is 0. The van der Waals surface area contributed by atoms with Gasteiger partial charge in [-0.05, 0) is 30.5 Å². The first-order valence-corrected chi connectivity index (χ1v) is 6.71. The van der Waals surface area contributed by atoms with Crippen LogP contribution >= 0.6 is 0 Å². The minimum atomic E-state index is -0.929. The standard InChI is InChI=1S/C15H21NO6/c1-21-12-8-7-10(9-11(12)17)15(19)13(22-2)5-3-4-6-14(18)16-20/h4,6-9,13,15,17,19-20H,3,5H2,1-2H3,(H,16,18)/b6-4+/t13-,15-/m1/s1. The van der Waals surface area contributed by atoms with Gasteiger partial charge in [0.2, 0.25) is 0 Å². The fourth-order valence-corrected chi connectivity index (χ4v) is 2.00. The molecular weight excluding hydrogens is 290 g/mol. The van der Waals surface area contributed by atoms with Crippen molar-refractivity contribution in [3.63, 3.8) is 0 Å². The van der Waals surface area contributed by atoms with Crippen LogP contribution in [0.4, 0.5) is 0 Å². The number of hydrogen-bond acceptors (Lipinski definition) is 6. The van der Waals surface area contributed by atoms with Crippen LogP contribution in [0.2, 0.25) is 0 Å². The molecule has 7 heteroatoms. The van der Waals surface area contributed by atoms with Gasteiger partial charge in [-0.3, -0.25) is 10.0 Å². The lowest BCUT2D eigenvalue weighted by atomic mass is 10.00. The maximum absolute atomic E-state index is 10.8. The lowest BCUT2D eigenvalue weighted by molar-refractivity contribution is -0.124. The van der Waals surface area contributed by atoms with Crippen molar-refractivity contribution < 1.29 is 29.7 Å². The fraction of sp³-hybridized carbons (Fsp3) is 0.400. The van der Waals surface area contributed by atoms with E-state index in [9.17, 15) is 15.0 Å². The van der Waals surface area contributed by atoms with Crippen LogP contribution in [0.3, 0.4) is 0 Å². The van der Waals surface area contributed by atoms with E-state index in [2.05, 4.69) is 0 Å². The van der Waals surface area contributed by atoms with E-state index in [4.69, 9.17) is 14.7 Å². The predicted octanol–water partition coefficient (Wildman–Crippen LogP) is 1.29. The molecule has 0 aliphatic rings. The second kappa shape index (κ2) is 9.04. The molecule has 0 heterocycles. The van der Waals surface area contributed by atoms with E-state index in [1.54, 1.807) is 18.2 Å². The van der Waals surface area contributed by atoms with E-state index in [0.29, 0.717) is 24.2 Å². The lowest BCUT2D eigenvalue weighted by Gasteiger charge is -2.22. The van der Waals surface area contributed by atoms with E-state index >= 15 is 0 Å². The van der Waals surface area contributed by atoms with Crippen molar-refractivity contribution in [2.24, 2.45) is 0 Å². The van der Waals surface area contributed by atoms with Crippen LogP contribution in [-0.2, 0) is 9.53 Å². The number of ether oxygens (including phenoxy) is 2. The number of nitrogens with one attached hydrogen (secondary N) is 1. The van der Waals surface area contributed by atoms with E-state index < -0.39 is 18.1 Å². The smallest absolute Gasteiger partial charge is 0.267 e. The van der Waals surface area contributed by atoms with E-state index in [-0.39, 0.29) is 5.75 Å². The van der Waals surface area contributed by atoms with Gasteiger partial charge < -0.3 is 19.7 Å². The predicted molar refractivity (Wildman–Crippen MR) is 78.7 cm³/mol. The zero-order valence-corrected chi connectivity index (χ0v) is 12.5. The fourth-order valence-electron chi connectivity index (χ4n) is 2.00. The molecular formula is C15H21NO6. The van der Waals surface area contributed by atoms with Crippen molar-refractivity contribution >= 4 is 5.91 Å². The molecule has 0 spiro atoms. The topological polar surface area (TPSA) is 108 Å². The van der Waals surface area contributed by atoms with Gasteiger partial charge >= 0.3 is 0 Å². The Morgan fingerprint density at radius 2 is 2.14 bits per heavy atom. The third-order valence-electron chi connectivity index (χ3n) is 3.20. The third-order valence-corrected chi connectivity index (χ3v) is 3.20. The molecule has 1 amide bonds. The van der Waals surface area contributed by atoms with Gasteiger partial charge in [-0.15, -0.1) is 0 Å². The molecule has 0 fully saturated rings. The van der Waals surface area contributed by atoms with Crippen LogP contribution < -0.4 is 10.2 Å². The number of hydroxylamine groups is 1. The van der Waals surface area contributed by atoms with Crippen molar-refractivity contribution in [3.05, 3.63) is 35.9 Å². The van der Waals surface area contributed by atoms with Crippen LogP contribution in [0, 0.1) is 0 Å². The molecule has 0 saturated carbocycles. The number of hydrogen-bond donors (Lipinski definition) is 4. The Balaban J connectivity index is 2.67. The molecule has 0 saturated heterocycles. The number of methoxy groups -OCH3 is 2. The summed E-state index contributed by atoms with van der Waals surface area (Å²) in [5.74, 6) is -0.356. The number of benzene rings is 1. The average molecular weight is 311 g/mol. The number of allylic oxidation sites excluding steroid dienone is 1. The molecule has 0 aromatic heterocycles. The van der Waals surface area contributed by atoms with Crippen molar-refractivity contribution in [1.82, 2.24) is 5.48 Å². The molecule has 22 heavy (non-hydrogen) atoms. The van der Waals surface area contributed by atoms with Crippen LogP contribution in [-0.4, -0.2) is 41.7 Å².